The van der Waals surface area contributed by atoms with Gasteiger partial charge < -0.3 is 10.0 Å². The van der Waals surface area contributed by atoms with Gasteiger partial charge in [-0.25, -0.2) is 0 Å². The number of hydrogen-bond donors (Lipinski definition) is 1. The van der Waals surface area contributed by atoms with Crippen LogP contribution < -0.4 is 0 Å². The van der Waals surface area contributed by atoms with Crippen LogP contribution in [0.2, 0.25) is 0 Å². The molecule has 2 heterocycles. The molecule has 0 aromatic rings. The predicted octanol–water partition coefficient (Wildman–Crippen LogP) is 0.135. The fourth-order valence-electron chi connectivity index (χ4n) is 3.37. The number of piperidine rings is 1. The van der Waals surface area contributed by atoms with Crippen LogP contribution in [-0.4, -0.2) is 83.7 Å². The molecule has 2 fully saturated rings. The van der Waals surface area contributed by atoms with E-state index in [1.165, 1.54) is 0 Å². The number of nitrogens with zero attached hydrogens (tertiary/aromatic N) is 4. The Morgan fingerprint density at radius 3 is 2.50 bits per heavy atom. The van der Waals surface area contributed by atoms with E-state index in [0.29, 0.717) is 32.1 Å². The predicted molar refractivity (Wildman–Crippen MR) is 84.1 cm³/mol. The van der Waals surface area contributed by atoms with Gasteiger partial charge >= 0.3 is 0 Å². The molecular weight excluding hydrogens is 280 g/mol. The number of rotatable bonds is 4. The summed E-state index contributed by atoms with van der Waals surface area (Å²) in [6, 6.07) is 2.31. The third-order valence-electron chi connectivity index (χ3n) is 4.66. The van der Waals surface area contributed by atoms with Crippen molar-refractivity contribution in [1.82, 2.24) is 14.7 Å². The summed E-state index contributed by atoms with van der Waals surface area (Å²) >= 11 is 0. The average molecular weight is 308 g/mol. The lowest BCUT2D eigenvalue weighted by Gasteiger charge is -2.39. The van der Waals surface area contributed by atoms with E-state index < -0.39 is 0 Å². The zero-order valence-electron chi connectivity index (χ0n) is 13.7. The number of amides is 1. The Hall–Kier alpha value is -1.16. The van der Waals surface area contributed by atoms with Crippen LogP contribution in [0.25, 0.3) is 0 Å². The minimum atomic E-state index is -0.291. The Morgan fingerprint density at radius 2 is 1.95 bits per heavy atom. The quantitative estimate of drug-likeness (QED) is 0.800. The van der Waals surface area contributed by atoms with Crippen molar-refractivity contribution in [1.29, 1.82) is 5.26 Å². The molecule has 2 saturated heterocycles. The van der Waals surface area contributed by atoms with Crippen LogP contribution in [0.3, 0.4) is 0 Å². The molecule has 0 saturated carbocycles. The van der Waals surface area contributed by atoms with E-state index in [-0.39, 0.29) is 18.1 Å². The summed E-state index contributed by atoms with van der Waals surface area (Å²) in [7, 11) is 0. The van der Waals surface area contributed by atoms with Gasteiger partial charge in [0.15, 0.2) is 0 Å². The number of nitriles is 1. The van der Waals surface area contributed by atoms with Crippen LogP contribution in [0.4, 0.5) is 0 Å². The van der Waals surface area contributed by atoms with Gasteiger partial charge in [-0.2, -0.15) is 5.26 Å². The largest absolute Gasteiger partial charge is 0.392 e. The summed E-state index contributed by atoms with van der Waals surface area (Å²) in [5.74, 6) is 0.453. The zero-order valence-corrected chi connectivity index (χ0v) is 13.7. The number of piperazine rings is 1. The van der Waals surface area contributed by atoms with Crippen molar-refractivity contribution in [3.63, 3.8) is 0 Å². The molecule has 2 rings (SSSR count). The molecule has 124 valence electrons. The molecule has 0 spiro atoms. The molecule has 2 aliphatic heterocycles. The highest BCUT2D eigenvalue weighted by atomic mass is 16.3. The number of aliphatic hydroxyl groups is 1. The van der Waals surface area contributed by atoms with Crippen LogP contribution in [0.5, 0.6) is 0 Å². The number of carbonyl (C=O) groups excluding carboxylic acids is 1. The topological polar surface area (TPSA) is 70.8 Å². The third-order valence-corrected chi connectivity index (χ3v) is 4.66. The lowest BCUT2D eigenvalue weighted by atomic mass is 10.0. The number of carbonyl (C=O) groups is 1. The average Bonchev–Trinajstić information content (AvgIpc) is 2.48. The Labute approximate surface area is 133 Å². The Kier molecular flexibility index (Phi) is 6.18. The summed E-state index contributed by atoms with van der Waals surface area (Å²) in [4.78, 5) is 18.5. The van der Waals surface area contributed by atoms with Gasteiger partial charge in [0.1, 0.15) is 6.04 Å². The fourth-order valence-corrected chi connectivity index (χ4v) is 3.37. The lowest BCUT2D eigenvalue weighted by Crippen LogP contribution is -2.55. The first kappa shape index (κ1) is 17.2. The SMILES string of the molecule is CC(C)C(C#N)N1CCN(C(=O)CN2CCCC(O)C2)CC1. The normalized spacial score (nSPS) is 26.0. The van der Waals surface area contributed by atoms with E-state index in [1.807, 2.05) is 4.90 Å². The van der Waals surface area contributed by atoms with E-state index in [0.717, 1.165) is 32.5 Å². The lowest BCUT2D eigenvalue weighted by molar-refractivity contribution is -0.135. The van der Waals surface area contributed by atoms with Crippen molar-refractivity contribution in [2.75, 3.05) is 45.8 Å². The molecule has 1 amide bonds. The van der Waals surface area contributed by atoms with Gasteiger partial charge in [0.2, 0.25) is 5.91 Å². The first-order valence-corrected chi connectivity index (χ1v) is 8.33. The highest BCUT2D eigenvalue weighted by Gasteiger charge is 2.29. The van der Waals surface area contributed by atoms with Crippen LogP contribution in [0.1, 0.15) is 26.7 Å². The summed E-state index contributed by atoms with van der Waals surface area (Å²) in [5, 5.41) is 18.9. The fraction of sp³-hybridized carbons (Fsp3) is 0.875. The molecule has 6 nitrogen and oxygen atoms in total. The number of aliphatic hydroxyl groups excluding tert-OH is 1. The Morgan fingerprint density at radius 1 is 1.27 bits per heavy atom. The van der Waals surface area contributed by atoms with E-state index in [1.54, 1.807) is 0 Å². The second kappa shape index (κ2) is 7.91. The standard InChI is InChI=1S/C16H28N4O2/c1-13(2)15(10-17)19-6-8-20(9-7-19)16(22)12-18-5-3-4-14(21)11-18/h13-15,21H,3-9,11-12H2,1-2H3. The highest BCUT2D eigenvalue weighted by Crippen LogP contribution is 2.14. The molecule has 0 aromatic carbocycles. The molecule has 2 aliphatic rings. The minimum absolute atomic E-state index is 0.0607. The highest BCUT2D eigenvalue weighted by molar-refractivity contribution is 5.78. The number of β-amino-alcohol motifs (C(OH)–C–C–N with tert-alkyl or cyclic N) is 1. The van der Waals surface area contributed by atoms with Gasteiger partial charge in [0.05, 0.1) is 18.7 Å². The second-order valence-electron chi connectivity index (χ2n) is 6.77. The monoisotopic (exact) mass is 308 g/mol. The van der Waals surface area contributed by atoms with Crippen LogP contribution in [-0.2, 0) is 4.79 Å². The van der Waals surface area contributed by atoms with Gasteiger partial charge in [-0.05, 0) is 25.3 Å². The van der Waals surface area contributed by atoms with Crippen molar-refractivity contribution in [2.24, 2.45) is 5.92 Å². The van der Waals surface area contributed by atoms with Gasteiger partial charge in [0, 0.05) is 32.7 Å². The van der Waals surface area contributed by atoms with Crippen LogP contribution in [0, 0.1) is 17.2 Å². The third kappa shape index (κ3) is 4.42. The van der Waals surface area contributed by atoms with Crippen molar-refractivity contribution in [2.45, 2.75) is 38.8 Å². The molecule has 0 radical (unpaired) electrons. The first-order chi connectivity index (χ1) is 10.5. The van der Waals surface area contributed by atoms with Crippen molar-refractivity contribution in [3.05, 3.63) is 0 Å². The minimum Gasteiger partial charge on any atom is -0.392 e. The smallest absolute Gasteiger partial charge is 0.236 e. The molecule has 0 aromatic heterocycles. The maximum atomic E-state index is 12.4. The summed E-state index contributed by atoms with van der Waals surface area (Å²) in [5.41, 5.74) is 0. The molecule has 22 heavy (non-hydrogen) atoms. The summed E-state index contributed by atoms with van der Waals surface area (Å²) in [6.45, 7) is 8.96. The molecular formula is C16H28N4O2. The molecule has 2 unspecified atom stereocenters. The molecule has 6 heteroatoms. The molecule has 0 aliphatic carbocycles. The maximum Gasteiger partial charge on any atom is 0.236 e. The van der Waals surface area contributed by atoms with E-state index >= 15 is 0 Å². The Balaban J connectivity index is 1.78. The summed E-state index contributed by atoms with van der Waals surface area (Å²) < 4.78 is 0. The van der Waals surface area contributed by atoms with Crippen molar-refractivity contribution < 1.29 is 9.90 Å². The van der Waals surface area contributed by atoms with Crippen molar-refractivity contribution >= 4 is 5.91 Å². The van der Waals surface area contributed by atoms with Crippen LogP contribution in [0.15, 0.2) is 0 Å². The van der Waals surface area contributed by atoms with E-state index in [9.17, 15) is 15.2 Å². The van der Waals surface area contributed by atoms with Crippen LogP contribution >= 0.6 is 0 Å². The molecule has 1 N–H and O–H groups in total. The number of likely N-dealkylation sites (tertiary alicyclic amines) is 1. The van der Waals surface area contributed by atoms with Gasteiger partial charge in [-0.3, -0.25) is 14.6 Å². The first-order valence-electron chi connectivity index (χ1n) is 8.33. The van der Waals surface area contributed by atoms with Gasteiger partial charge in [-0.1, -0.05) is 13.8 Å². The molecule has 2 atom stereocenters. The maximum absolute atomic E-state index is 12.4. The van der Waals surface area contributed by atoms with Gasteiger partial charge in [0.25, 0.3) is 0 Å². The van der Waals surface area contributed by atoms with E-state index in [2.05, 4.69) is 29.7 Å². The molecule has 0 bridgehead atoms. The Bertz CT molecular complexity index is 413. The number of hydrogen-bond acceptors (Lipinski definition) is 5. The second-order valence-corrected chi connectivity index (χ2v) is 6.77. The van der Waals surface area contributed by atoms with Gasteiger partial charge in [-0.15, -0.1) is 0 Å². The van der Waals surface area contributed by atoms with Crippen molar-refractivity contribution in [3.8, 4) is 6.07 Å². The summed E-state index contributed by atoms with van der Waals surface area (Å²) in [6.07, 6.45) is 1.51. The van der Waals surface area contributed by atoms with E-state index in [4.69, 9.17) is 0 Å². The zero-order chi connectivity index (χ0) is 16.1.